The molecule has 0 aromatic rings. The van der Waals surface area contributed by atoms with E-state index < -0.39 is 30.4 Å². The predicted octanol–water partition coefficient (Wildman–Crippen LogP) is 14.1. The van der Waals surface area contributed by atoms with Gasteiger partial charge in [-0.2, -0.15) is 0 Å². The fourth-order valence-corrected chi connectivity index (χ4v) is 13.1. The minimum absolute atomic E-state index is 0.00719. The van der Waals surface area contributed by atoms with Gasteiger partial charge >= 0.3 is 5.97 Å². The van der Waals surface area contributed by atoms with E-state index in [2.05, 4.69) is 140 Å². The lowest BCUT2D eigenvalue weighted by molar-refractivity contribution is -0.152. The molecule has 0 aliphatic heterocycles. The molecule has 4 rings (SSSR count). The summed E-state index contributed by atoms with van der Waals surface area (Å²) < 4.78 is 27.0. The molecule has 0 spiro atoms. The topological polar surface area (TPSA) is 54.0 Å². The van der Waals surface area contributed by atoms with Crippen molar-refractivity contribution in [2.75, 3.05) is 6.61 Å². The lowest BCUT2D eigenvalue weighted by Gasteiger charge is -2.45. The first-order chi connectivity index (χ1) is 25.4. The highest BCUT2D eigenvalue weighted by atomic mass is 28.4. The van der Waals surface area contributed by atoms with Crippen LogP contribution in [-0.2, 0) is 22.8 Å². The SMILES string of the molecule is C=C1/C(=C\C=C2/CCC[C@]3(C)[C@@H]([C@H](C)/C=C/[C@@H](O[Si](C)(C)C(C)(C)C)C4(C(=O)OCC)CC4)CC[C@@H]23)C[C@@H](O[Si](C)(C)C(C)(C)C)C[C@@H]1O[Si](C)(C)C(C)(C)C. The lowest BCUT2D eigenvalue weighted by atomic mass is 9.61. The summed E-state index contributed by atoms with van der Waals surface area (Å²) in [5.41, 5.74) is 3.80. The van der Waals surface area contributed by atoms with E-state index in [0.717, 1.165) is 31.3 Å². The van der Waals surface area contributed by atoms with Crippen LogP contribution in [0.1, 0.15) is 141 Å². The summed E-state index contributed by atoms with van der Waals surface area (Å²) in [4.78, 5) is 13.4. The average molecular weight is 827 g/mol. The first-order valence-corrected chi connectivity index (χ1v) is 31.1. The Hall–Kier alpha value is -1.04. The van der Waals surface area contributed by atoms with Crippen LogP contribution in [0.3, 0.4) is 0 Å². The Labute approximate surface area is 348 Å². The van der Waals surface area contributed by atoms with Gasteiger partial charge in [-0.05, 0) is 147 Å². The van der Waals surface area contributed by atoms with Crippen LogP contribution in [0.4, 0.5) is 0 Å². The molecule has 0 radical (unpaired) electrons. The Morgan fingerprint density at radius 1 is 0.839 bits per heavy atom. The van der Waals surface area contributed by atoms with Crippen LogP contribution >= 0.6 is 0 Å². The monoisotopic (exact) mass is 827 g/mol. The molecule has 4 saturated carbocycles. The summed E-state index contributed by atoms with van der Waals surface area (Å²) in [5, 5.41) is 0.339. The number of allylic oxidation sites excluding steroid dienone is 4. The van der Waals surface area contributed by atoms with E-state index in [0.29, 0.717) is 24.4 Å². The fourth-order valence-electron chi connectivity index (χ4n) is 9.16. The minimum Gasteiger partial charge on any atom is -0.465 e. The number of hydrogen-bond donors (Lipinski definition) is 0. The molecule has 5 nitrogen and oxygen atoms in total. The highest BCUT2D eigenvalue weighted by Crippen LogP contribution is 2.60. The van der Waals surface area contributed by atoms with Gasteiger partial charge in [0.1, 0.15) is 0 Å². The van der Waals surface area contributed by atoms with Crippen molar-refractivity contribution in [2.24, 2.45) is 28.6 Å². The molecule has 0 aromatic heterocycles. The molecule has 4 aliphatic carbocycles. The first-order valence-electron chi connectivity index (χ1n) is 22.4. The molecule has 0 saturated heterocycles. The number of carbonyl (C=O) groups excluding carboxylic acids is 1. The molecule has 8 heteroatoms. The van der Waals surface area contributed by atoms with Crippen LogP contribution in [-0.4, -0.2) is 55.8 Å². The second-order valence-corrected chi connectivity index (χ2v) is 37.5. The van der Waals surface area contributed by atoms with Crippen molar-refractivity contribution in [3.05, 3.63) is 47.6 Å². The Morgan fingerprint density at radius 2 is 1.41 bits per heavy atom. The van der Waals surface area contributed by atoms with E-state index in [1.54, 1.807) is 5.57 Å². The minimum atomic E-state index is -2.13. The van der Waals surface area contributed by atoms with Crippen LogP contribution in [0.2, 0.25) is 54.4 Å². The zero-order valence-electron chi connectivity index (χ0n) is 39.6. The molecule has 320 valence electrons. The quantitative estimate of drug-likeness (QED) is 0.105. The molecule has 56 heavy (non-hydrogen) atoms. The number of ether oxygens (including phenoxy) is 1. The number of esters is 1. The molecule has 4 fully saturated rings. The Morgan fingerprint density at radius 3 is 1.95 bits per heavy atom. The molecule has 0 unspecified atom stereocenters. The van der Waals surface area contributed by atoms with Crippen LogP contribution in [0.15, 0.2) is 47.6 Å². The molecule has 7 atom stereocenters. The lowest BCUT2D eigenvalue weighted by Crippen LogP contribution is -2.49. The van der Waals surface area contributed by atoms with Gasteiger partial charge in [0.15, 0.2) is 25.0 Å². The van der Waals surface area contributed by atoms with Crippen LogP contribution < -0.4 is 0 Å². The van der Waals surface area contributed by atoms with E-state index in [9.17, 15) is 4.79 Å². The second-order valence-electron chi connectivity index (χ2n) is 23.3. The molecule has 4 aliphatic rings. The molecule has 0 bridgehead atoms. The molecule has 0 aromatic carbocycles. The third-order valence-electron chi connectivity index (χ3n) is 16.2. The maximum Gasteiger partial charge on any atom is 0.315 e. The largest absolute Gasteiger partial charge is 0.465 e. The molecule has 0 heterocycles. The van der Waals surface area contributed by atoms with E-state index in [-0.39, 0.29) is 44.8 Å². The van der Waals surface area contributed by atoms with Gasteiger partial charge in [0, 0.05) is 6.42 Å². The Balaban J connectivity index is 1.60. The van der Waals surface area contributed by atoms with Gasteiger partial charge in [0.05, 0.1) is 30.3 Å². The molecule has 0 N–H and O–H groups in total. The van der Waals surface area contributed by atoms with Crippen molar-refractivity contribution < 1.29 is 22.8 Å². The summed E-state index contributed by atoms with van der Waals surface area (Å²) in [7, 11) is -6.13. The summed E-state index contributed by atoms with van der Waals surface area (Å²) in [5.74, 6) is 1.48. The second kappa shape index (κ2) is 16.8. The number of carbonyl (C=O) groups is 1. The smallest absolute Gasteiger partial charge is 0.315 e. The summed E-state index contributed by atoms with van der Waals surface area (Å²) in [6, 6.07) is 0. The van der Waals surface area contributed by atoms with Gasteiger partial charge in [-0.3, -0.25) is 4.79 Å². The average Bonchev–Trinajstić information content (AvgIpc) is 3.77. The standard InChI is InChI=1S/C48H86O5Si3/c1-20-50-43(49)48(30-31-48)42(53-56(18,19)46(10,11)12)28-23-34(2)39-26-27-40-36(22-21-29-47(39,40)13)24-25-37-32-38(51-54(14,15)44(4,5)6)33-41(35(37)3)52-55(16,17)45(7,8)9/h23-25,28,34,38-42H,3,20-22,26-27,29-33H2,1-2,4-19H3/b28-23+,36-24+,37-25-/t34-,38-,39-,40+,41+,42-,47-/m1/s1. The van der Waals surface area contributed by atoms with Crippen molar-refractivity contribution in [2.45, 2.75) is 214 Å². The van der Waals surface area contributed by atoms with E-state index in [4.69, 9.17) is 24.6 Å². The van der Waals surface area contributed by atoms with Crippen LogP contribution in [0.25, 0.3) is 0 Å². The third-order valence-corrected chi connectivity index (χ3v) is 29.7. The van der Waals surface area contributed by atoms with Crippen molar-refractivity contribution in [3.8, 4) is 0 Å². The molecular formula is C48H86O5Si3. The van der Waals surface area contributed by atoms with Crippen molar-refractivity contribution in [1.29, 1.82) is 0 Å². The van der Waals surface area contributed by atoms with Gasteiger partial charge in [-0.25, -0.2) is 0 Å². The number of rotatable bonds is 13. The zero-order chi connectivity index (χ0) is 42.5. The first kappa shape index (κ1) is 47.6. The summed E-state index contributed by atoms with van der Waals surface area (Å²) in [6.07, 6.45) is 19.2. The van der Waals surface area contributed by atoms with E-state index in [1.807, 2.05) is 6.92 Å². The van der Waals surface area contributed by atoms with Gasteiger partial charge in [0.25, 0.3) is 0 Å². The zero-order valence-corrected chi connectivity index (χ0v) is 42.6. The van der Waals surface area contributed by atoms with Crippen molar-refractivity contribution in [3.63, 3.8) is 0 Å². The van der Waals surface area contributed by atoms with Crippen molar-refractivity contribution in [1.82, 2.24) is 0 Å². The highest BCUT2D eigenvalue weighted by molar-refractivity contribution is 6.75. The highest BCUT2D eigenvalue weighted by Gasteiger charge is 2.59. The number of fused-ring (bicyclic) bond motifs is 1. The van der Waals surface area contributed by atoms with Crippen LogP contribution in [0.5, 0.6) is 0 Å². The van der Waals surface area contributed by atoms with E-state index in [1.165, 1.54) is 37.7 Å². The summed E-state index contributed by atoms with van der Waals surface area (Å²) >= 11 is 0. The fraction of sp³-hybridized carbons (Fsp3) is 0.812. The van der Waals surface area contributed by atoms with Gasteiger partial charge in [0.2, 0.25) is 0 Å². The number of hydrogen-bond acceptors (Lipinski definition) is 5. The van der Waals surface area contributed by atoms with E-state index >= 15 is 0 Å². The molecule has 0 amide bonds. The Kier molecular flexibility index (Phi) is 14.3. The van der Waals surface area contributed by atoms with Gasteiger partial charge in [-0.15, -0.1) is 0 Å². The van der Waals surface area contributed by atoms with Gasteiger partial charge in [-0.1, -0.05) is 113 Å². The van der Waals surface area contributed by atoms with Gasteiger partial charge < -0.3 is 18.0 Å². The summed E-state index contributed by atoms with van der Waals surface area (Å²) in [6.45, 7) is 47.0. The third kappa shape index (κ3) is 10.1. The van der Waals surface area contributed by atoms with Crippen molar-refractivity contribution >= 4 is 30.9 Å². The predicted molar refractivity (Wildman–Crippen MR) is 246 cm³/mol. The van der Waals surface area contributed by atoms with Crippen LogP contribution in [0, 0.1) is 28.6 Å². The maximum atomic E-state index is 13.4. The molecular weight excluding hydrogens is 741 g/mol. The maximum absolute atomic E-state index is 13.4. The Bertz CT molecular complexity index is 1510. The normalized spacial score (nSPS) is 30.5.